The highest BCUT2D eigenvalue weighted by atomic mass is 16.4. The Bertz CT molecular complexity index is 640. The Morgan fingerprint density at radius 3 is 2.64 bits per heavy atom. The summed E-state index contributed by atoms with van der Waals surface area (Å²) in [5.41, 5.74) is 1.76. The molecule has 0 fully saturated rings. The number of aromatic nitrogens is 1. The van der Waals surface area contributed by atoms with Gasteiger partial charge in [0.1, 0.15) is 0 Å². The zero-order valence-corrected chi connectivity index (χ0v) is 13.0. The monoisotopic (exact) mass is 302 g/mol. The first-order chi connectivity index (χ1) is 10.4. The normalized spacial score (nSPS) is 11.5. The number of carbonyl (C=O) groups is 2. The average Bonchev–Trinajstić information content (AvgIpc) is 2.78. The molecule has 1 heterocycles. The molecule has 1 aromatic heterocycles. The summed E-state index contributed by atoms with van der Waals surface area (Å²) in [5, 5.41) is 12.7. The van der Waals surface area contributed by atoms with E-state index in [9.17, 15) is 9.59 Å². The molecule has 1 amide bonds. The van der Waals surface area contributed by atoms with Crippen molar-refractivity contribution in [1.82, 2.24) is 10.3 Å². The van der Waals surface area contributed by atoms with Gasteiger partial charge in [-0.2, -0.15) is 0 Å². The number of benzene rings is 1. The lowest BCUT2D eigenvalue weighted by molar-refractivity contribution is -0.137. The van der Waals surface area contributed by atoms with Crippen molar-refractivity contribution in [1.29, 1.82) is 0 Å². The number of carboxylic acids is 1. The molecule has 0 aliphatic heterocycles. The zero-order valence-electron chi connectivity index (χ0n) is 13.0. The molecule has 0 spiro atoms. The largest absolute Gasteiger partial charge is 0.481 e. The van der Waals surface area contributed by atoms with Gasteiger partial charge in [-0.15, -0.1) is 0 Å². The van der Waals surface area contributed by atoms with Gasteiger partial charge < -0.3 is 15.4 Å². The number of nitrogens with one attached hydrogen (secondary N) is 2. The molecule has 5 nitrogen and oxygen atoms in total. The fraction of sp³-hybridized carbons (Fsp3) is 0.412. The van der Waals surface area contributed by atoms with E-state index in [1.807, 2.05) is 38.1 Å². The van der Waals surface area contributed by atoms with E-state index in [4.69, 9.17) is 5.11 Å². The van der Waals surface area contributed by atoms with Gasteiger partial charge >= 0.3 is 5.97 Å². The molecule has 0 unspecified atom stereocenters. The summed E-state index contributed by atoms with van der Waals surface area (Å²) < 4.78 is 0. The van der Waals surface area contributed by atoms with Crippen molar-refractivity contribution in [3.05, 3.63) is 36.0 Å². The van der Waals surface area contributed by atoms with Crippen molar-refractivity contribution >= 4 is 22.8 Å². The number of H-pyrrole nitrogens is 1. The standard InChI is InChI=1S/C17H22N2O3/c1-17(2,19-15(20)8-5-9-16(21)22)11-13-10-12-6-3-4-7-14(12)18-13/h3-4,6-7,10,18H,5,8-9,11H2,1-2H3,(H,19,20)(H,21,22). The van der Waals surface area contributed by atoms with Gasteiger partial charge in [-0.3, -0.25) is 9.59 Å². The van der Waals surface area contributed by atoms with Gasteiger partial charge in [0.2, 0.25) is 5.91 Å². The van der Waals surface area contributed by atoms with Crippen LogP contribution in [0.1, 0.15) is 38.8 Å². The lowest BCUT2D eigenvalue weighted by Gasteiger charge is -2.26. The molecule has 2 aromatic rings. The van der Waals surface area contributed by atoms with Crippen molar-refractivity contribution < 1.29 is 14.7 Å². The van der Waals surface area contributed by atoms with Gasteiger partial charge in [0.25, 0.3) is 0 Å². The number of amides is 1. The van der Waals surface area contributed by atoms with Crippen LogP contribution in [0.3, 0.4) is 0 Å². The Labute approximate surface area is 129 Å². The third-order valence-electron chi connectivity index (χ3n) is 3.49. The SMILES string of the molecule is CC(C)(Cc1cc2ccccc2[nH]1)NC(=O)CCCC(=O)O. The molecular formula is C17H22N2O3. The van der Waals surface area contributed by atoms with Crippen LogP contribution < -0.4 is 5.32 Å². The van der Waals surface area contributed by atoms with Crippen molar-refractivity contribution in [2.45, 2.75) is 45.1 Å². The third kappa shape index (κ3) is 4.62. The van der Waals surface area contributed by atoms with E-state index >= 15 is 0 Å². The van der Waals surface area contributed by atoms with Gasteiger partial charge in [-0.05, 0) is 37.8 Å². The second-order valence-corrected chi connectivity index (χ2v) is 6.24. The first kappa shape index (κ1) is 16.1. The maximum Gasteiger partial charge on any atom is 0.303 e. The summed E-state index contributed by atoms with van der Waals surface area (Å²) in [6, 6.07) is 10.1. The van der Waals surface area contributed by atoms with Crippen molar-refractivity contribution in [3.8, 4) is 0 Å². The highest BCUT2D eigenvalue weighted by Gasteiger charge is 2.21. The number of fused-ring (bicyclic) bond motifs is 1. The summed E-state index contributed by atoms with van der Waals surface area (Å²) >= 11 is 0. The van der Waals surface area contributed by atoms with E-state index in [0.717, 1.165) is 16.6 Å². The number of hydrogen-bond acceptors (Lipinski definition) is 2. The molecule has 118 valence electrons. The highest BCUT2D eigenvalue weighted by molar-refractivity contribution is 5.80. The quantitative estimate of drug-likeness (QED) is 0.735. The topological polar surface area (TPSA) is 82.2 Å². The van der Waals surface area contributed by atoms with E-state index in [0.29, 0.717) is 12.8 Å². The number of carbonyl (C=O) groups excluding carboxylic acids is 1. The predicted octanol–water partition coefficient (Wildman–Crippen LogP) is 2.86. The lowest BCUT2D eigenvalue weighted by atomic mass is 9.98. The number of aliphatic carboxylic acids is 1. The summed E-state index contributed by atoms with van der Waals surface area (Å²) in [4.78, 5) is 25.7. The first-order valence-electron chi connectivity index (χ1n) is 7.45. The van der Waals surface area contributed by atoms with Crippen molar-refractivity contribution in [2.24, 2.45) is 0 Å². The molecule has 0 saturated carbocycles. The maximum atomic E-state index is 11.9. The molecule has 0 bridgehead atoms. The van der Waals surface area contributed by atoms with Gasteiger partial charge in [0, 0.05) is 36.0 Å². The minimum atomic E-state index is -0.870. The van der Waals surface area contributed by atoms with Crippen LogP contribution in [-0.4, -0.2) is 27.5 Å². The van der Waals surface area contributed by atoms with Crippen LogP contribution in [0.25, 0.3) is 10.9 Å². The number of rotatable bonds is 7. The van der Waals surface area contributed by atoms with Gasteiger partial charge in [-0.1, -0.05) is 18.2 Å². The molecule has 0 aliphatic carbocycles. The first-order valence-corrected chi connectivity index (χ1v) is 7.45. The molecular weight excluding hydrogens is 280 g/mol. The molecule has 2 rings (SSSR count). The molecule has 1 aromatic carbocycles. The second-order valence-electron chi connectivity index (χ2n) is 6.24. The van der Waals surface area contributed by atoms with Crippen molar-refractivity contribution in [2.75, 3.05) is 0 Å². The highest BCUT2D eigenvalue weighted by Crippen LogP contribution is 2.19. The van der Waals surface area contributed by atoms with Crippen LogP contribution in [0, 0.1) is 0 Å². The zero-order chi connectivity index (χ0) is 16.2. The number of hydrogen-bond donors (Lipinski definition) is 3. The molecule has 0 radical (unpaired) electrons. The number of para-hydroxylation sites is 1. The van der Waals surface area contributed by atoms with Crippen LogP contribution in [0.15, 0.2) is 30.3 Å². The third-order valence-corrected chi connectivity index (χ3v) is 3.49. The van der Waals surface area contributed by atoms with Crippen LogP contribution in [0.4, 0.5) is 0 Å². The van der Waals surface area contributed by atoms with Crippen LogP contribution in [0.2, 0.25) is 0 Å². The molecule has 3 N–H and O–H groups in total. The van der Waals surface area contributed by atoms with Crippen LogP contribution >= 0.6 is 0 Å². The van der Waals surface area contributed by atoms with E-state index < -0.39 is 5.97 Å². The number of carboxylic acid groups (broad SMARTS) is 1. The summed E-state index contributed by atoms with van der Waals surface area (Å²) in [6.45, 7) is 3.93. The van der Waals surface area contributed by atoms with Crippen molar-refractivity contribution in [3.63, 3.8) is 0 Å². The molecule has 22 heavy (non-hydrogen) atoms. The fourth-order valence-corrected chi connectivity index (χ4v) is 2.59. The lowest BCUT2D eigenvalue weighted by Crippen LogP contribution is -2.45. The Morgan fingerprint density at radius 1 is 1.23 bits per heavy atom. The Hall–Kier alpha value is -2.30. The summed E-state index contributed by atoms with van der Waals surface area (Å²) in [6.07, 6.45) is 1.31. The van der Waals surface area contributed by atoms with Crippen LogP contribution in [-0.2, 0) is 16.0 Å². The minimum absolute atomic E-state index is 0.0237. The average molecular weight is 302 g/mol. The summed E-state index contributed by atoms with van der Waals surface area (Å²) in [7, 11) is 0. The molecule has 0 atom stereocenters. The molecule has 0 aliphatic rings. The molecule has 5 heteroatoms. The molecule has 0 saturated heterocycles. The van der Waals surface area contributed by atoms with E-state index in [-0.39, 0.29) is 24.3 Å². The predicted molar refractivity (Wildman–Crippen MR) is 85.7 cm³/mol. The minimum Gasteiger partial charge on any atom is -0.481 e. The van der Waals surface area contributed by atoms with Gasteiger partial charge in [0.15, 0.2) is 0 Å². The maximum absolute atomic E-state index is 11.9. The van der Waals surface area contributed by atoms with E-state index in [1.54, 1.807) is 0 Å². The Kier molecular flexibility index (Phi) is 4.85. The number of aromatic amines is 1. The Balaban J connectivity index is 1.92. The van der Waals surface area contributed by atoms with E-state index in [1.165, 1.54) is 0 Å². The van der Waals surface area contributed by atoms with Crippen LogP contribution in [0.5, 0.6) is 0 Å². The van der Waals surface area contributed by atoms with E-state index in [2.05, 4.69) is 16.4 Å². The smallest absolute Gasteiger partial charge is 0.303 e. The Morgan fingerprint density at radius 2 is 1.95 bits per heavy atom. The second kappa shape index (κ2) is 6.64. The summed E-state index contributed by atoms with van der Waals surface area (Å²) in [5.74, 6) is -0.979. The van der Waals surface area contributed by atoms with Gasteiger partial charge in [0.05, 0.1) is 0 Å². The van der Waals surface area contributed by atoms with Gasteiger partial charge in [-0.25, -0.2) is 0 Å². The fourth-order valence-electron chi connectivity index (χ4n) is 2.59.